The molecule has 5 heteroatoms. The van der Waals surface area contributed by atoms with E-state index >= 15 is 0 Å². The number of hydrogen-bond donors (Lipinski definition) is 1. The molecule has 0 heterocycles. The van der Waals surface area contributed by atoms with Gasteiger partial charge in [0.15, 0.2) is 6.61 Å². The van der Waals surface area contributed by atoms with Gasteiger partial charge < -0.3 is 9.47 Å². The third-order valence-corrected chi connectivity index (χ3v) is 4.64. The number of hydrazone groups is 1. The topological polar surface area (TPSA) is 59.9 Å². The highest BCUT2D eigenvalue weighted by Gasteiger charge is 2.08. The van der Waals surface area contributed by atoms with Crippen molar-refractivity contribution >= 4 is 22.9 Å². The largest absolute Gasteiger partial charge is 0.493 e. The SMILES string of the molecule is Cc1cccc(C)c1OCC(=O)N/N=C\c1ccc(OCC(C)C)c2ccccc12. The van der Waals surface area contributed by atoms with Crippen LogP contribution in [0.3, 0.4) is 0 Å². The highest BCUT2D eigenvalue weighted by atomic mass is 16.5. The number of benzene rings is 3. The molecule has 1 N–H and O–H groups in total. The highest BCUT2D eigenvalue weighted by molar-refractivity contribution is 6.02. The Hall–Kier alpha value is -3.34. The van der Waals surface area contributed by atoms with Crippen molar-refractivity contribution in [1.82, 2.24) is 5.43 Å². The number of nitrogens with one attached hydrogen (secondary N) is 1. The minimum Gasteiger partial charge on any atom is -0.493 e. The molecule has 156 valence electrons. The molecule has 0 saturated carbocycles. The Kier molecular flexibility index (Phi) is 7.07. The molecule has 0 fully saturated rings. The minimum atomic E-state index is -0.310. The first kappa shape index (κ1) is 21.4. The third kappa shape index (κ3) is 5.38. The summed E-state index contributed by atoms with van der Waals surface area (Å²) in [5, 5.41) is 6.14. The van der Waals surface area contributed by atoms with Crippen LogP contribution in [0.1, 0.15) is 30.5 Å². The maximum absolute atomic E-state index is 12.1. The standard InChI is InChI=1S/C25H28N2O3/c1-17(2)15-29-23-13-12-20(21-10-5-6-11-22(21)23)14-26-27-24(28)16-30-25-18(3)8-7-9-19(25)4/h5-14,17H,15-16H2,1-4H3,(H,27,28)/b26-14-. The van der Waals surface area contributed by atoms with Crippen LogP contribution in [0.2, 0.25) is 0 Å². The summed E-state index contributed by atoms with van der Waals surface area (Å²) < 4.78 is 11.6. The van der Waals surface area contributed by atoms with Crippen molar-refractivity contribution in [1.29, 1.82) is 0 Å². The molecule has 30 heavy (non-hydrogen) atoms. The van der Waals surface area contributed by atoms with Gasteiger partial charge >= 0.3 is 0 Å². The van der Waals surface area contributed by atoms with Crippen molar-refractivity contribution in [2.75, 3.05) is 13.2 Å². The quantitative estimate of drug-likeness (QED) is 0.424. The van der Waals surface area contributed by atoms with Crippen LogP contribution in [0.15, 0.2) is 59.7 Å². The first-order chi connectivity index (χ1) is 14.5. The molecule has 0 saturated heterocycles. The summed E-state index contributed by atoms with van der Waals surface area (Å²) in [4.78, 5) is 12.1. The van der Waals surface area contributed by atoms with Crippen LogP contribution in [0.4, 0.5) is 0 Å². The average molecular weight is 405 g/mol. The smallest absolute Gasteiger partial charge is 0.277 e. The Bertz CT molecular complexity index is 1040. The lowest BCUT2D eigenvalue weighted by molar-refractivity contribution is -0.123. The zero-order chi connectivity index (χ0) is 21.5. The van der Waals surface area contributed by atoms with Gasteiger partial charge in [0, 0.05) is 10.9 Å². The van der Waals surface area contributed by atoms with E-state index in [-0.39, 0.29) is 12.5 Å². The Labute approximate surface area is 177 Å². The van der Waals surface area contributed by atoms with Gasteiger partial charge in [-0.3, -0.25) is 4.79 Å². The van der Waals surface area contributed by atoms with Gasteiger partial charge in [0.2, 0.25) is 0 Å². The molecule has 3 aromatic carbocycles. The van der Waals surface area contributed by atoms with Crippen molar-refractivity contribution in [3.63, 3.8) is 0 Å². The first-order valence-electron chi connectivity index (χ1n) is 10.1. The summed E-state index contributed by atoms with van der Waals surface area (Å²) in [7, 11) is 0. The molecule has 0 unspecified atom stereocenters. The summed E-state index contributed by atoms with van der Waals surface area (Å²) in [6.07, 6.45) is 1.64. The van der Waals surface area contributed by atoms with E-state index in [4.69, 9.17) is 9.47 Å². The van der Waals surface area contributed by atoms with Gasteiger partial charge in [-0.05, 0) is 48.4 Å². The number of carbonyl (C=O) groups excluding carboxylic acids is 1. The van der Waals surface area contributed by atoms with E-state index in [1.807, 2.05) is 68.4 Å². The lowest BCUT2D eigenvalue weighted by Gasteiger charge is -2.12. The van der Waals surface area contributed by atoms with E-state index in [9.17, 15) is 4.79 Å². The second kappa shape index (κ2) is 9.92. The van der Waals surface area contributed by atoms with Crippen LogP contribution in [0, 0.1) is 19.8 Å². The summed E-state index contributed by atoms with van der Waals surface area (Å²) in [6, 6.07) is 17.8. The molecule has 3 aromatic rings. The molecule has 0 aliphatic heterocycles. The highest BCUT2D eigenvalue weighted by Crippen LogP contribution is 2.28. The van der Waals surface area contributed by atoms with E-state index in [0.29, 0.717) is 12.5 Å². The van der Waals surface area contributed by atoms with Crippen LogP contribution in [-0.4, -0.2) is 25.3 Å². The summed E-state index contributed by atoms with van der Waals surface area (Å²) in [5.74, 6) is 1.73. The fourth-order valence-corrected chi connectivity index (χ4v) is 3.16. The predicted molar refractivity (Wildman–Crippen MR) is 121 cm³/mol. The number of hydrogen-bond acceptors (Lipinski definition) is 4. The van der Waals surface area contributed by atoms with E-state index in [1.54, 1.807) is 6.21 Å². The zero-order valence-electron chi connectivity index (χ0n) is 17.9. The lowest BCUT2D eigenvalue weighted by atomic mass is 10.0. The molecule has 0 spiro atoms. The number of amides is 1. The monoisotopic (exact) mass is 404 g/mol. The van der Waals surface area contributed by atoms with E-state index in [2.05, 4.69) is 24.4 Å². The fourth-order valence-electron chi connectivity index (χ4n) is 3.16. The summed E-state index contributed by atoms with van der Waals surface area (Å²) >= 11 is 0. The second-order valence-corrected chi connectivity index (χ2v) is 7.71. The van der Waals surface area contributed by atoms with E-state index in [0.717, 1.165) is 39.0 Å². The van der Waals surface area contributed by atoms with Gasteiger partial charge in [-0.15, -0.1) is 0 Å². The summed E-state index contributed by atoms with van der Waals surface area (Å²) in [5.41, 5.74) is 5.43. The van der Waals surface area contributed by atoms with Crippen LogP contribution >= 0.6 is 0 Å². The molecule has 0 radical (unpaired) electrons. The maximum Gasteiger partial charge on any atom is 0.277 e. The Morgan fingerprint density at radius 1 is 0.967 bits per heavy atom. The molecular formula is C25H28N2O3. The van der Waals surface area contributed by atoms with Crippen molar-refractivity contribution in [2.45, 2.75) is 27.7 Å². The number of carbonyl (C=O) groups is 1. The first-order valence-corrected chi connectivity index (χ1v) is 10.1. The van der Waals surface area contributed by atoms with Gasteiger partial charge in [-0.2, -0.15) is 5.10 Å². The average Bonchev–Trinajstić information content (AvgIpc) is 2.72. The number of aryl methyl sites for hydroxylation is 2. The minimum absolute atomic E-state index is 0.0915. The molecule has 0 aliphatic carbocycles. The van der Waals surface area contributed by atoms with Gasteiger partial charge in [0.1, 0.15) is 11.5 Å². The molecular weight excluding hydrogens is 376 g/mol. The van der Waals surface area contributed by atoms with Crippen molar-refractivity contribution in [3.8, 4) is 11.5 Å². The second-order valence-electron chi connectivity index (χ2n) is 7.71. The number of fused-ring (bicyclic) bond motifs is 1. The van der Waals surface area contributed by atoms with E-state index < -0.39 is 0 Å². The van der Waals surface area contributed by atoms with Crippen molar-refractivity contribution < 1.29 is 14.3 Å². The fraction of sp³-hybridized carbons (Fsp3) is 0.280. The van der Waals surface area contributed by atoms with Gasteiger partial charge in [0.25, 0.3) is 5.91 Å². The maximum atomic E-state index is 12.1. The van der Waals surface area contributed by atoms with Crippen molar-refractivity contribution in [2.24, 2.45) is 11.0 Å². The molecule has 0 bridgehead atoms. The molecule has 1 amide bonds. The van der Waals surface area contributed by atoms with Gasteiger partial charge in [-0.25, -0.2) is 5.43 Å². The number of rotatable bonds is 8. The summed E-state index contributed by atoms with van der Waals surface area (Å²) in [6.45, 7) is 8.72. The predicted octanol–water partition coefficient (Wildman–Crippen LogP) is 5.02. The van der Waals surface area contributed by atoms with Crippen molar-refractivity contribution in [3.05, 3.63) is 71.3 Å². The molecule has 0 atom stereocenters. The van der Waals surface area contributed by atoms with E-state index in [1.165, 1.54) is 0 Å². The number of para-hydroxylation sites is 1. The van der Waals surface area contributed by atoms with Gasteiger partial charge in [0.05, 0.1) is 12.8 Å². The molecule has 0 aromatic heterocycles. The molecule has 0 aliphatic rings. The van der Waals surface area contributed by atoms with Crippen LogP contribution in [0.25, 0.3) is 10.8 Å². The Balaban J connectivity index is 1.66. The Morgan fingerprint density at radius 2 is 1.67 bits per heavy atom. The van der Waals surface area contributed by atoms with Crippen LogP contribution in [0.5, 0.6) is 11.5 Å². The van der Waals surface area contributed by atoms with Gasteiger partial charge in [-0.1, -0.05) is 56.3 Å². The Morgan fingerprint density at radius 3 is 2.37 bits per heavy atom. The molecule has 5 nitrogen and oxygen atoms in total. The lowest BCUT2D eigenvalue weighted by Crippen LogP contribution is -2.25. The third-order valence-electron chi connectivity index (χ3n) is 4.64. The van der Waals surface area contributed by atoms with Crippen LogP contribution < -0.4 is 14.9 Å². The van der Waals surface area contributed by atoms with Crippen LogP contribution in [-0.2, 0) is 4.79 Å². The zero-order valence-corrected chi connectivity index (χ0v) is 17.9. The number of ether oxygens (including phenoxy) is 2. The normalized spacial score (nSPS) is 11.2. The molecule has 3 rings (SSSR count). The number of nitrogens with zero attached hydrogens (tertiary/aromatic N) is 1.